The maximum atomic E-state index is 10.2. The van der Waals surface area contributed by atoms with Crippen LogP contribution in [0.1, 0.15) is 26.2 Å². The smallest absolute Gasteiger partial charge is 0.379 e. The van der Waals surface area contributed by atoms with Gasteiger partial charge in [-0.1, -0.05) is 19.8 Å². The first-order valence-corrected chi connectivity index (χ1v) is 7.78. The van der Waals surface area contributed by atoms with Gasteiger partial charge in [0.25, 0.3) is 0 Å². The van der Waals surface area contributed by atoms with Gasteiger partial charge in [-0.3, -0.25) is 4.55 Å². The molecule has 0 atom stereocenters. The lowest BCUT2D eigenvalue weighted by atomic mass is 10.3. The molecule has 8 heteroatoms. The van der Waals surface area contributed by atoms with Crippen LogP contribution in [0.5, 0.6) is 0 Å². The third-order valence-electron chi connectivity index (χ3n) is 2.10. The molecule has 0 aliphatic rings. The van der Waals surface area contributed by atoms with E-state index in [0.717, 1.165) is 13.0 Å². The highest BCUT2D eigenvalue weighted by Crippen LogP contribution is 1.93. The highest BCUT2D eigenvalue weighted by Gasteiger charge is 2.02. The van der Waals surface area contributed by atoms with E-state index in [2.05, 4.69) is 11.1 Å². The average molecular weight is 300 g/mol. The zero-order chi connectivity index (χ0) is 14.4. The highest BCUT2D eigenvalue weighted by molar-refractivity contribution is 7.80. The molecule has 0 bridgehead atoms. The number of ether oxygens (including phenoxy) is 3. The first kappa shape index (κ1) is 18.8. The molecule has 0 aromatic heterocycles. The Hall–Kier alpha value is -0.250. The first-order valence-electron chi connectivity index (χ1n) is 6.41. The first-order chi connectivity index (χ1) is 9.06. The van der Waals surface area contributed by atoms with Crippen LogP contribution in [-0.2, 0) is 28.8 Å². The van der Waals surface area contributed by atoms with Gasteiger partial charge in [0, 0.05) is 6.61 Å². The van der Waals surface area contributed by atoms with Crippen molar-refractivity contribution in [3.8, 4) is 0 Å². The second-order valence-electron chi connectivity index (χ2n) is 3.79. The summed E-state index contributed by atoms with van der Waals surface area (Å²) in [4.78, 5) is 0. The highest BCUT2D eigenvalue weighted by atomic mass is 32.3. The third kappa shape index (κ3) is 17.8. The van der Waals surface area contributed by atoms with Gasteiger partial charge in [0.2, 0.25) is 0 Å². The Bertz CT molecular complexity index is 279. The van der Waals surface area contributed by atoms with Crippen molar-refractivity contribution in [1.82, 2.24) is 0 Å². The van der Waals surface area contributed by atoms with Gasteiger partial charge in [0.05, 0.1) is 39.6 Å². The number of hydrogen-bond acceptors (Lipinski definition) is 6. The molecule has 0 aromatic rings. The molecule has 0 aliphatic heterocycles. The molecule has 0 aromatic carbocycles. The summed E-state index contributed by atoms with van der Waals surface area (Å²) in [5.41, 5.74) is 0. The molecule has 0 spiro atoms. The van der Waals surface area contributed by atoms with Crippen LogP contribution in [0.4, 0.5) is 0 Å². The van der Waals surface area contributed by atoms with E-state index in [1.165, 1.54) is 12.8 Å². The van der Waals surface area contributed by atoms with Crippen molar-refractivity contribution in [2.45, 2.75) is 26.2 Å². The van der Waals surface area contributed by atoms with E-state index in [9.17, 15) is 8.42 Å². The second kappa shape index (κ2) is 12.8. The van der Waals surface area contributed by atoms with Gasteiger partial charge in [-0.05, 0) is 6.42 Å². The summed E-state index contributed by atoms with van der Waals surface area (Å²) in [5, 5.41) is 0. The molecule has 0 amide bonds. The topological polar surface area (TPSA) is 91.3 Å². The van der Waals surface area contributed by atoms with Crippen molar-refractivity contribution >= 4 is 10.4 Å². The number of rotatable bonds is 14. The molecule has 19 heavy (non-hydrogen) atoms. The van der Waals surface area contributed by atoms with Crippen LogP contribution in [0.25, 0.3) is 0 Å². The predicted molar refractivity (Wildman–Crippen MR) is 69.5 cm³/mol. The van der Waals surface area contributed by atoms with Gasteiger partial charge in [0.15, 0.2) is 0 Å². The molecule has 0 heterocycles. The summed E-state index contributed by atoms with van der Waals surface area (Å²) in [7, 11) is -4.37. The maximum absolute atomic E-state index is 10.2. The van der Waals surface area contributed by atoms with Gasteiger partial charge in [-0.15, -0.1) is 0 Å². The summed E-state index contributed by atoms with van der Waals surface area (Å²) >= 11 is 0. The van der Waals surface area contributed by atoms with E-state index in [1.54, 1.807) is 0 Å². The van der Waals surface area contributed by atoms with Crippen molar-refractivity contribution < 1.29 is 31.4 Å². The molecule has 0 unspecified atom stereocenters. The van der Waals surface area contributed by atoms with Crippen LogP contribution >= 0.6 is 0 Å². The maximum Gasteiger partial charge on any atom is 0.397 e. The van der Waals surface area contributed by atoms with E-state index in [1.807, 2.05) is 0 Å². The fourth-order valence-electron chi connectivity index (χ4n) is 1.19. The largest absolute Gasteiger partial charge is 0.397 e. The van der Waals surface area contributed by atoms with Crippen molar-refractivity contribution in [2.24, 2.45) is 0 Å². The molecule has 0 radical (unpaired) electrons. The summed E-state index contributed by atoms with van der Waals surface area (Å²) in [6.07, 6.45) is 3.44. The van der Waals surface area contributed by atoms with Crippen LogP contribution in [0.2, 0.25) is 0 Å². The monoisotopic (exact) mass is 300 g/mol. The number of hydrogen-bond donors (Lipinski definition) is 1. The normalized spacial score (nSPS) is 11.9. The molecule has 0 aliphatic carbocycles. The van der Waals surface area contributed by atoms with Crippen LogP contribution in [-0.4, -0.2) is 59.2 Å². The lowest BCUT2D eigenvalue weighted by Crippen LogP contribution is -2.13. The average Bonchev–Trinajstić information content (AvgIpc) is 2.34. The van der Waals surface area contributed by atoms with Gasteiger partial charge in [-0.2, -0.15) is 8.42 Å². The Labute approximate surface area is 115 Å². The van der Waals surface area contributed by atoms with E-state index in [0.29, 0.717) is 26.4 Å². The molecule has 0 fully saturated rings. The van der Waals surface area contributed by atoms with E-state index in [-0.39, 0.29) is 13.2 Å². The standard InChI is InChI=1S/C11H24O7S/c1-2-3-4-5-15-6-7-16-8-9-17-10-11-18-19(12,13)14/h2-11H2,1H3,(H,12,13,14). The SMILES string of the molecule is CCCCCOCCOCCOCCOS(=O)(=O)O. The van der Waals surface area contributed by atoms with Gasteiger partial charge >= 0.3 is 10.4 Å². The fourth-order valence-corrected chi connectivity index (χ4v) is 1.47. The molecule has 0 saturated heterocycles. The minimum atomic E-state index is -4.37. The number of unbranched alkanes of at least 4 members (excludes halogenated alkanes) is 2. The molecule has 116 valence electrons. The predicted octanol–water partition coefficient (Wildman–Crippen LogP) is 1.05. The van der Waals surface area contributed by atoms with Crippen molar-refractivity contribution in [1.29, 1.82) is 0 Å². The Morgan fingerprint density at radius 1 is 0.789 bits per heavy atom. The Morgan fingerprint density at radius 3 is 1.74 bits per heavy atom. The third-order valence-corrected chi connectivity index (χ3v) is 2.56. The summed E-state index contributed by atoms with van der Waals surface area (Å²) in [5.74, 6) is 0. The van der Waals surface area contributed by atoms with Crippen LogP contribution in [0, 0.1) is 0 Å². The van der Waals surface area contributed by atoms with Gasteiger partial charge in [-0.25, -0.2) is 4.18 Å². The molecule has 7 nitrogen and oxygen atoms in total. The zero-order valence-electron chi connectivity index (χ0n) is 11.4. The quantitative estimate of drug-likeness (QED) is 0.378. The molecule has 0 saturated carbocycles. The minimum Gasteiger partial charge on any atom is -0.379 e. The summed E-state index contributed by atoms with van der Waals surface area (Å²) < 4.78 is 48.2. The zero-order valence-corrected chi connectivity index (χ0v) is 12.2. The Kier molecular flexibility index (Phi) is 12.6. The van der Waals surface area contributed by atoms with Crippen LogP contribution < -0.4 is 0 Å². The van der Waals surface area contributed by atoms with Crippen molar-refractivity contribution in [2.75, 3.05) is 46.2 Å². The molecule has 0 rings (SSSR count). The second-order valence-corrected chi connectivity index (χ2v) is 4.89. The van der Waals surface area contributed by atoms with E-state index >= 15 is 0 Å². The Balaban J connectivity index is 3.03. The van der Waals surface area contributed by atoms with Crippen molar-refractivity contribution in [3.05, 3.63) is 0 Å². The minimum absolute atomic E-state index is 0.0800. The van der Waals surface area contributed by atoms with E-state index < -0.39 is 10.4 Å². The van der Waals surface area contributed by atoms with E-state index in [4.69, 9.17) is 18.8 Å². The Morgan fingerprint density at radius 2 is 1.26 bits per heavy atom. The summed E-state index contributed by atoms with van der Waals surface area (Å²) in [6.45, 7) is 4.60. The molecule has 1 N–H and O–H groups in total. The van der Waals surface area contributed by atoms with Gasteiger partial charge in [0.1, 0.15) is 0 Å². The van der Waals surface area contributed by atoms with Crippen LogP contribution in [0.3, 0.4) is 0 Å². The lowest BCUT2D eigenvalue weighted by molar-refractivity contribution is 0.00859. The summed E-state index contributed by atoms with van der Waals surface area (Å²) in [6, 6.07) is 0. The van der Waals surface area contributed by atoms with Crippen LogP contribution in [0.15, 0.2) is 0 Å². The molecular weight excluding hydrogens is 276 g/mol. The van der Waals surface area contributed by atoms with Crippen molar-refractivity contribution in [3.63, 3.8) is 0 Å². The fraction of sp³-hybridized carbons (Fsp3) is 1.00. The van der Waals surface area contributed by atoms with Gasteiger partial charge < -0.3 is 14.2 Å². The lowest BCUT2D eigenvalue weighted by Gasteiger charge is -2.06. The molecular formula is C11H24O7S.